The first kappa shape index (κ1) is 22.3. The molecule has 1 fully saturated rings. The number of carbonyl (C=O) groups excluding carboxylic acids is 1. The van der Waals surface area contributed by atoms with E-state index in [-0.39, 0.29) is 28.3 Å². The van der Waals surface area contributed by atoms with Gasteiger partial charge in [0.2, 0.25) is 15.9 Å². The summed E-state index contributed by atoms with van der Waals surface area (Å²) in [5.41, 5.74) is 0.808. The lowest BCUT2D eigenvalue weighted by atomic mass is 10.2. The lowest BCUT2D eigenvalue weighted by molar-refractivity contribution is -0.384. The van der Waals surface area contributed by atoms with Gasteiger partial charge in [-0.3, -0.25) is 14.9 Å². The van der Waals surface area contributed by atoms with Crippen LogP contribution >= 0.6 is 11.8 Å². The van der Waals surface area contributed by atoms with Gasteiger partial charge in [0.05, 0.1) is 15.1 Å². The number of nitrogens with zero attached hydrogens (tertiary/aromatic N) is 2. The summed E-state index contributed by atoms with van der Waals surface area (Å²) in [7, 11) is -3.44. The van der Waals surface area contributed by atoms with Crippen molar-refractivity contribution < 1.29 is 18.1 Å². The van der Waals surface area contributed by atoms with Crippen LogP contribution in [0.3, 0.4) is 0 Å². The van der Waals surface area contributed by atoms with Gasteiger partial charge in [0, 0.05) is 36.7 Å². The zero-order valence-electron chi connectivity index (χ0n) is 16.5. The van der Waals surface area contributed by atoms with Crippen LogP contribution in [-0.2, 0) is 21.4 Å². The molecule has 1 atom stereocenters. The van der Waals surface area contributed by atoms with Crippen LogP contribution in [0.2, 0.25) is 0 Å². The number of hydrogen-bond donors (Lipinski definition) is 1. The predicted octanol–water partition coefficient (Wildman–Crippen LogP) is 3.18. The van der Waals surface area contributed by atoms with Crippen LogP contribution in [0, 0.1) is 10.1 Å². The van der Waals surface area contributed by atoms with Crippen LogP contribution in [0.5, 0.6) is 0 Å². The van der Waals surface area contributed by atoms with E-state index in [0.717, 1.165) is 23.3 Å². The van der Waals surface area contributed by atoms with Crippen molar-refractivity contribution in [3.05, 3.63) is 64.2 Å². The number of amides is 1. The Labute approximate surface area is 179 Å². The molecule has 10 heteroatoms. The maximum absolute atomic E-state index is 12.5. The van der Waals surface area contributed by atoms with E-state index in [4.69, 9.17) is 0 Å². The van der Waals surface area contributed by atoms with E-state index >= 15 is 0 Å². The van der Waals surface area contributed by atoms with Gasteiger partial charge < -0.3 is 5.32 Å². The average molecular weight is 450 g/mol. The molecule has 160 valence electrons. The lowest BCUT2D eigenvalue weighted by Crippen LogP contribution is -2.30. The molecule has 1 unspecified atom stereocenters. The van der Waals surface area contributed by atoms with E-state index in [0.29, 0.717) is 13.1 Å². The van der Waals surface area contributed by atoms with E-state index in [1.165, 1.54) is 28.2 Å². The number of carbonyl (C=O) groups is 1. The Hall–Kier alpha value is -2.43. The quantitative estimate of drug-likeness (QED) is 0.377. The van der Waals surface area contributed by atoms with Gasteiger partial charge in [-0.05, 0) is 49.6 Å². The van der Waals surface area contributed by atoms with E-state index in [1.54, 1.807) is 43.3 Å². The molecule has 30 heavy (non-hydrogen) atoms. The summed E-state index contributed by atoms with van der Waals surface area (Å²) in [6.07, 6.45) is 1.78. The molecule has 1 N–H and O–H groups in total. The van der Waals surface area contributed by atoms with Crippen molar-refractivity contribution in [2.24, 2.45) is 0 Å². The second-order valence-electron chi connectivity index (χ2n) is 6.98. The fraction of sp³-hybridized carbons (Fsp3) is 0.350. The molecule has 2 aromatic carbocycles. The molecule has 8 nitrogen and oxygen atoms in total. The average Bonchev–Trinajstić information content (AvgIpc) is 3.28. The molecule has 2 aromatic rings. The summed E-state index contributed by atoms with van der Waals surface area (Å²) < 4.78 is 26.6. The molecule has 1 aliphatic heterocycles. The van der Waals surface area contributed by atoms with Crippen LogP contribution in [0.25, 0.3) is 0 Å². The molecule has 1 heterocycles. The number of sulfonamides is 1. The highest BCUT2D eigenvalue weighted by molar-refractivity contribution is 8.00. The third-order valence-electron chi connectivity index (χ3n) is 4.82. The van der Waals surface area contributed by atoms with Gasteiger partial charge in [0.25, 0.3) is 5.69 Å². The second kappa shape index (κ2) is 9.59. The number of non-ortho nitro benzene ring substituents is 1. The number of benzene rings is 2. The number of hydrogen-bond acceptors (Lipinski definition) is 6. The van der Waals surface area contributed by atoms with Gasteiger partial charge in [0.15, 0.2) is 0 Å². The monoisotopic (exact) mass is 449 g/mol. The molecule has 1 aliphatic rings. The Kier molecular flexibility index (Phi) is 7.11. The minimum atomic E-state index is -3.44. The van der Waals surface area contributed by atoms with Crippen molar-refractivity contribution in [2.45, 2.75) is 41.4 Å². The first-order valence-corrected chi connectivity index (χ1v) is 11.9. The predicted molar refractivity (Wildman–Crippen MR) is 115 cm³/mol. The first-order valence-electron chi connectivity index (χ1n) is 9.55. The van der Waals surface area contributed by atoms with Crippen LogP contribution in [0.15, 0.2) is 58.3 Å². The van der Waals surface area contributed by atoms with E-state index in [2.05, 4.69) is 5.32 Å². The largest absolute Gasteiger partial charge is 0.351 e. The summed E-state index contributed by atoms with van der Waals surface area (Å²) >= 11 is 1.31. The Morgan fingerprint density at radius 2 is 1.73 bits per heavy atom. The molecule has 3 rings (SSSR count). The fourth-order valence-electron chi connectivity index (χ4n) is 3.09. The van der Waals surface area contributed by atoms with Gasteiger partial charge in [0.1, 0.15) is 0 Å². The van der Waals surface area contributed by atoms with Gasteiger partial charge >= 0.3 is 0 Å². The van der Waals surface area contributed by atoms with E-state index in [9.17, 15) is 23.3 Å². The zero-order chi connectivity index (χ0) is 21.7. The normalized spacial score (nSPS) is 15.6. The van der Waals surface area contributed by atoms with Gasteiger partial charge in [-0.25, -0.2) is 8.42 Å². The first-order chi connectivity index (χ1) is 14.3. The molecule has 1 amide bonds. The minimum Gasteiger partial charge on any atom is -0.351 e. The molecule has 0 saturated carbocycles. The van der Waals surface area contributed by atoms with Crippen LogP contribution in [0.4, 0.5) is 5.69 Å². The summed E-state index contributed by atoms with van der Waals surface area (Å²) in [5, 5.41) is 13.2. The van der Waals surface area contributed by atoms with Gasteiger partial charge in [-0.1, -0.05) is 12.1 Å². The van der Waals surface area contributed by atoms with Crippen LogP contribution < -0.4 is 5.32 Å². The Morgan fingerprint density at radius 3 is 2.30 bits per heavy atom. The highest BCUT2D eigenvalue weighted by Crippen LogP contribution is 2.25. The highest BCUT2D eigenvalue weighted by atomic mass is 32.2. The molecule has 0 bridgehead atoms. The van der Waals surface area contributed by atoms with Crippen LogP contribution in [-0.4, -0.2) is 41.9 Å². The smallest absolute Gasteiger partial charge is 0.269 e. The molecule has 1 saturated heterocycles. The van der Waals surface area contributed by atoms with Crippen molar-refractivity contribution in [2.75, 3.05) is 13.1 Å². The SMILES string of the molecule is CC(Sc1ccc([N+](=O)[O-])cc1)C(=O)NCc1ccc(S(=O)(=O)N2CCCC2)cc1. The third kappa shape index (κ3) is 5.38. The maximum Gasteiger partial charge on any atom is 0.269 e. The van der Waals surface area contributed by atoms with Gasteiger partial charge in [-0.15, -0.1) is 11.8 Å². The van der Waals surface area contributed by atoms with Crippen molar-refractivity contribution >= 4 is 33.4 Å². The highest BCUT2D eigenvalue weighted by Gasteiger charge is 2.26. The molecule has 0 aromatic heterocycles. The van der Waals surface area contributed by atoms with Crippen LogP contribution in [0.1, 0.15) is 25.3 Å². The summed E-state index contributed by atoms with van der Waals surface area (Å²) in [5.74, 6) is -0.174. The van der Waals surface area contributed by atoms with E-state index < -0.39 is 14.9 Å². The zero-order valence-corrected chi connectivity index (χ0v) is 18.1. The number of nitro groups is 1. The third-order valence-corrected chi connectivity index (χ3v) is 7.85. The Morgan fingerprint density at radius 1 is 1.13 bits per heavy atom. The summed E-state index contributed by atoms with van der Waals surface area (Å²) in [6, 6.07) is 12.6. The minimum absolute atomic E-state index is 0.00615. The summed E-state index contributed by atoms with van der Waals surface area (Å²) in [6.45, 7) is 3.16. The van der Waals surface area contributed by atoms with Crippen molar-refractivity contribution in [3.63, 3.8) is 0 Å². The molecule has 0 spiro atoms. The lowest BCUT2D eigenvalue weighted by Gasteiger charge is -2.16. The fourth-order valence-corrected chi connectivity index (χ4v) is 5.50. The number of nitro benzene ring substituents is 1. The van der Waals surface area contributed by atoms with E-state index in [1.807, 2.05) is 0 Å². The number of nitrogens with one attached hydrogen (secondary N) is 1. The molecule has 0 aliphatic carbocycles. The van der Waals surface area contributed by atoms with Crippen molar-refractivity contribution in [1.82, 2.24) is 9.62 Å². The standard InChI is InChI=1S/C20H23N3O5S2/c1-15(29-18-8-6-17(7-9-18)23(25)26)20(24)21-14-16-4-10-19(11-5-16)30(27,28)22-12-2-3-13-22/h4-11,15H,2-3,12-14H2,1H3,(H,21,24). The van der Waals surface area contributed by atoms with Gasteiger partial charge in [-0.2, -0.15) is 4.31 Å². The number of thioether (sulfide) groups is 1. The molecule has 0 radical (unpaired) electrons. The van der Waals surface area contributed by atoms with Crippen molar-refractivity contribution in [1.29, 1.82) is 0 Å². The number of rotatable bonds is 8. The Bertz CT molecular complexity index is 1000. The Balaban J connectivity index is 1.53. The second-order valence-corrected chi connectivity index (χ2v) is 10.3. The topological polar surface area (TPSA) is 110 Å². The summed E-state index contributed by atoms with van der Waals surface area (Å²) in [4.78, 5) is 23.6. The maximum atomic E-state index is 12.5. The molecular formula is C20H23N3O5S2. The molecular weight excluding hydrogens is 426 g/mol. The van der Waals surface area contributed by atoms with Crippen molar-refractivity contribution in [3.8, 4) is 0 Å².